The highest BCUT2D eigenvalue weighted by atomic mass is 32.2. The van der Waals surface area contributed by atoms with E-state index in [1.165, 1.54) is 7.11 Å². The lowest BCUT2D eigenvalue weighted by Gasteiger charge is -2.23. The van der Waals surface area contributed by atoms with Gasteiger partial charge in [0, 0.05) is 25.8 Å². The second kappa shape index (κ2) is 5.62. The Morgan fingerprint density at radius 2 is 1.89 bits per heavy atom. The first-order chi connectivity index (χ1) is 8.64. The molecule has 0 aromatic carbocycles. The van der Waals surface area contributed by atoms with Crippen molar-refractivity contribution in [1.29, 1.82) is 0 Å². The van der Waals surface area contributed by atoms with E-state index in [-0.39, 0.29) is 18.0 Å². The van der Waals surface area contributed by atoms with Crippen molar-refractivity contribution < 1.29 is 17.6 Å². The van der Waals surface area contributed by atoms with Gasteiger partial charge < -0.3 is 14.9 Å². The lowest BCUT2D eigenvalue weighted by Crippen LogP contribution is -2.40. The molecule has 0 unspecified atom stereocenters. The molecule has 0 aliphatic carbocycles. The minimum absolute atomic E-state index is 0.118. The minimum atomic E-state index is -3.66. The van der Waals surface area contributed by atoms with E-state index in [4.69, 9.17) is 14.9 Å². The van der Waals surface area contributed by atoms with Crippen molar-refractivity contribution in [2.75, 3.05) is 13.7 Å². The Morgan fingerprint density at radius 3 is 2.37 bits per heavy atom. The van der Waals surface area contributed by atoms with Crippen LogP contribution in [0.4, 0.5) is 0 Å². The van der Waals surface area contributed by atoms with E-state index >= 15 is 0 Å². The molecular weight excluding hydrogens is 268 g/mol. The van der Waals surface area contributed by atoms with Gasteiger partial charge in [0.05, 0.1) is 5.60 Å². The van der Waals surface area contributed by atoms with Gasteiger partial charge in [-0.2, -0.15) is 0 Å². The summed E-state index contributed by atoms with van der Waals surface area (Å²) in [4.78, 5) is 0.138. The predicted molar refractivity (Wildman–Crippen MR) is 72.3 cm³/mol. The highest BCUT2D eigenvalue weighted by Crippen LogP contribution is 2.26. The maximum absolute atomic E-state index is 12.3. The van der Waals surface area contributed by atoms with Crippen molar-refractivity contribution in [2.24, 2.45) is 5.73 Å². The van der Waals surface area contributed by atoms with Crippen LogP contribution in [0.3, 0.4) is 0 Å². The number of hydrogen-bond acceptors (Lipinski definition) is 5. The van der Waals surface area contributed by atoms with Crippen molar-refractivity contribution >= 4 is 10.0 Å². The van der Waals surface area contributed by atoms with Crippen molar-refractivity contribution in [1.82, 2.24) is 4.72 Å². The Hall–Kier alpha value is -0.890. The number of methoxy groups -OCH3 is 1. The quantitative estimate of drug-likeness (QED) is 0.817. The van der Waals surface area contributed by atoms with Gasteiger partial charge in [-0.3, -0.25) is 0 Å². The molecule has 0 aliphatic rings. The van der Waals surface area contributed by atoms with Crippen LogP contribution in [0, 0.1) is 13.8 Å². The summed E-state index contributed by atoms with van der Waals surface area (Å²) in [6.07, 6.45) is 0. The summed E-state index contributed by atoms with van der Waals surface area (Å²) in [5.41, 5.74) is 5.53. The molecule has 19 heavy (non-hydrogen) atoms. The number of aryl methyl sites for hydroxylation is 2. The molecule has 1 aromatic heterocycles. The van der Waals surface area contributed by atoms with Gasteiger partial charge in [-0.25, -0.2) is 13.1 Å². The van der Waals surface area contributed by atoms with Crippen LogP contribution >= 0.6 is 0 Å². The van der Waals surface area contributed by atoms with Gasteiger partial charge in [0.15, 0.2) is 0 Å². The Morgan fingerprint density at radius 1 is 1.32 bits per heavy atom. The fourth-order valence-electron chi connectivity index (χ4n) is 1.71. The number of hydrogen-bond donors (Lipinski definition) is 2. The molecule has 0 bridgehead atoms. The van der Waals surface area contributed by atoms with E-state index in [0.717, 1.165) is 0 Å². The van der Waals surface area contributed by atoms with E-state index in [9.17, 15) is 8.42 Å². The molecule has 0 atom stereocenters. The number of furan rings is 1. The van der Waals surface area contributed by atoms with Crippen LogP contribution in [0.2, 0.25) is 0 Å². The first kappa shape index (κ1) is 16.2. The molecule has 0 saturated carbocycles. The second-order valence-corrected chi connectivity index (χ2v) is 6.72. The molecule has 110 valence electrons. The molecule has 1 heterocycles. The predicted octanol–water partition coefficient (Wildman–Crippen LogP) is 1.06. The lowest BCUT2D eigenvalue weighted by molar-refractivity contribution is 0.0276. The van der Waals surface area contributed by atoms with Gasteiger partial charge in [-0.1, -0.05) is 0 Å². The number of nitrogens with two attached hydrogens (primary N) is 1. The van der Waals surface area contributed by atoms with Crippen LogP contribution in [0.5, 0.6) is 0 Å². The topological polar surface area (TPSA) is 94.6 Å². The smallest absolute Gasteiger partial charge is 0.244 e. The van der Waals surface area contributed by atoms with Crippen molar-refractivity contribution in [2.45, 2.75) is 44.7 Å². The van der Waals surface area contributed by atoms with Crippen LogP contribution in [0.25, 0.3) is 0 Å². The standard InChI is InChI=1S/C12H22N2O4S/c1-8-10(6-13)11(9(2)18-8)19(15,16)14-7-12(3,4)17-5/h14H,6-7,13H2,1-5H3. The van der Waals surface area contributed by atoms with Crippen molar-refractivity contribution in [3.8, 4) is 0 Å². The zero-order valence-electron chi connectivity index (χ0n) is 12.0. The average Bonchev–Trinajstić information content (AvgIpc) is 2.62. The third kappa shape index (κ3) is 3.56. The summed E-state index contributed by atoms with van der Waals surface area (Å²) >= 11 is 0. The Bertz CT molecular complexity index is 546. The van der Waals surface area contributed by atoms with Gasteiger partial charge in [0.2, 0.25) is 10.0 Å². The van der Waals surface area contributed by atoms with Crippen molar-refractivity contribution in [3.63, 3.8) is 0 Å². The van der Waals surface area contributed by atoms with E-state index in [2.05, 4.69) is 4.72 Å². The normalized spacial score (nSPS) is 12.9. The molecule has 1 aromatic rings. The first-order valence-electron chi connectivity index (χ1n) is 5.98. The van der Waals surface area contributed by atoms with Crippen LogP contribution < -0.4 is 10.5 Å². The molecule has 6 nitrogen and oxygen atoms in total. The molecule has 7 heteroatoms. The Labute approximate surface area is 114 Å². The largest absolute Gasteiger partial charge is 0.465 e. The molecule has 0 amide bonds. The van der Waals surface area contributed by atoms with Gasteiger partial charge in [-0.15, -0.1) is 0 Å². The Balaban J connectivity index is 3.08. The third-order valence-electron chi connectivity index (χ3n) is 3.04. The maximum atomic E-state index is 12.3. The summed E-state index contributed by atoms with van der Waals surface area (Å²) < 4.78 is 37.7. The van der Waals surface area contributed by atoms with E-state index < -0.39 is 15.6 Å². The van der Waals surface area contributed by atoms with Crippen molar-refractivity contribution in [3.05, 3.63) is 17.1 Å². The van der Waals surface area contributed by atoms with Crippen LogP contribution in [-0.2, 0) is 21.3 Å². The highest BCUT2D eigenvalue weighted by Gasteiger charge is 2.28. The summed E-state index contributed by atoms with van der Waals surface area (Å²) in [7, 11) is -2.13. The molecule has 0 radical (unpaired) electrons. The third-order valence-corrected chi connectivity index (χ3v) is 4.63. The minimum Gasteiger partial charge on any atom is -0.465 e. The molecule has 0 aliphatic heterocycles. The lowest BCUT2D eigenvalue weighted by atomic mass is 10.1. The van der Waals surface area contributed by atoms with E-state index in [1.807, 2.05) is 0 Å². The van der Waals surface area contributed by atoms with E-state index in [1.54, 1.807) is 27.7 Å². The summed E-state index contributed by atoms with van der Waals surface area (Å²) in [5.74, 6) is 0.882. The molecule has 0 fully saturated rings. The van der Waals surface area contributed by atoms with Gasteiger partial charge in [0.25, 0.3) is 0 Å². The molecule has 0 spiro atoms. The van der Waals surface area contributed by atoms with Crippen LogP contribution in [0.15, 0.2) is 9.31 Å². The van der Waals surface area contributed by atoms with E-state index in [0.29, 0.717) is 17.1 Å². The summed E-state index contributed by atoms with van der Waals surface area (Å²) in [6, 6.07) is 0. The molecule has 1 rings (SSSR count). The summed E-state index contributed by atoms with van der Waals surface area (Å²) in [6.45, 7) is 7.20. The zero-order chi connectivity index (χ0) is 14.8. The van der Waals surface area contributed by atoms with Gasteiger partial charge >= 0.3 is 0 Å². The molecule has 3 N–H and O–H groups in total. The number of nitrogens with one attached hydrogen (secondary N) is 1. The first-order valence-corrected chi connectivity index (χ1v) is 7.46. The number of ether oxygens (including phenoxy) is 1. The second-order valence-electron chi connectivity index (χ2n) is 5.01. The number of sulfonamides is 1. The fourth-order valence-corrected chi connectivity index (χ4v) is 3.36. The van der Waals surface area contributed by atoms with Crippen LogP contribution in [-0.4, -0.2) is 27.7 Å². The SMILES string of the molecule is COC(C)(C)CNS(=O)(=O)c1c(C)oc(C)c1CN. The van der Waals surface area contributed by atoms with Gasteiger partial charge in [-0.05, 0) is 27.7 Å². The monoisotopic (exact) mass is 290 g/mol. The number of rotatable bonds is 6. The zero-order valence-corrected chi connectivity index (χ0v) is 12.8. The maximum Gasteiger partial charge on any atom is 0.244 e. The highest BCUT2D eigenvalue weighted by molar-refractivity contribution is 7.89. The molecular formula is C12H22N2O4S. The fraction of sp³-hybridized carbons (Fsp3) is 0.667. The van der Waals surface area contributed by atoms with Crippen LogP contribution in [0.1, 0.15) is 30.9 Å². The average molecular weight is 290 g/mol. The Kier molecular flexibility index (Phi) is 4.78. The van der Waals surface area contributed by atoms with Gasteiger partial charge in [0.1, 0.15) is 16.4 Å². The molecule has 0 saturated heterocycles. The summed E-state index contributed by atoms with van der Waals surface area (Å²) in [5, 5.41) is 0.